The topological polar surface area (TPSA) is 57.6 Å². The van der Waals surface area contributed by atoms with Gasteiger partial charge in [-0.1, -0.05) is 19.1 Å². The van der Waals surface area contributed by atoms with Crippen LogP contribution >= 0.6 is 11.8 Å². The van der Waals surface area contributed by atoms with Crippen LogP contribution in [-0.2, 0) is 11.2 Å². The molecule has 2 rings (SSSR count). The summed E-state index contributed by atoms with van der Waals surface area (Å²) in [5, 5.41) is 9.34. The van der Waals surface area contributed by atoms with Crippen LogP contribution in [0.5, 0.6) is 0 Å². The highest BCUT2D eigenvalue weighted by molar-refractivity contribution is 7.99. The van der Waals surface area contributed by atoms with Crippen LogP contribution < -0.4 is 0 Å². The SMILES string of the molecule is CC1CN(C(=O)CCc2ccc(C(=O)O)cc2)CCS1. The summed E-state index contributed by atoms with van der Waals surface area (Å²) in [7, 11) is 0. The Morgan fingerprint density at radius 1 is 1.35 bits per heavy atom. The number of rotatable bonds is 4. The zero-order valence-electron chi connectivity index (χ0n) is 11.5. The minimum atomic E-state index is -0.924. The molecule has 1 saturated heterocycles. The summed E-state index contributed by atoms with van der Waals surface area (Å²) in [6.45, 7) is 3.82. The van der Waals surface area contributed by atoms with E-state index in [1.807, 2.05) is 16.7 Å². The third-order valence-electron chi connectivity index (χ3n) is 3.42. The zero-order chi connectivity index (χ0) is 14.5. The van der Waals surface area contributed by atoms with Gasteiger partial charge in [-0.05, 0) is 24.1 Å². The van der Waals surface area contributed by atoms with Gasteiger partial charge in [0.05, 0.1) is 5.56 Å². The number of carbonyl (C=O) groups excluding carboxylic acids is 1. The second-order valence-corrected chi connectivity index (χ2v) is 6.57. The number of thioether (sulfide) groups is 1. The lowest BCUT2D eigenvalue weighted by Crippen LogP contribution is -2.41. The van der Waals surface area contributed by atoms with E-state index in [0.29, 0.717) is 18.1 Å². The number of nitrogens with zero attached hydrogens (tertiary/aromatic N) is 1. The van der Waals surface area contributed by atoms with Gasteiger partial charge >= 0.3 is 5.97 Å². The molecular weight excluding hydrogens is 274 g/mol. The molecule has 0 bridgehead atoms. The van der Waals surface area contributed by atoms with Crippen molar-refractivity contribution in [2.45, 2.75) is 25.0 Å². The van der Waals surface area contributed by atoms with Gasteiger partial charge in [-0.15, -0.1) is 0 Å². The van der Waals surface area contributed by atoms with Crippen LogP contribution in [0, 0.1) is 0 Å². The first-order chi connectivity index (χ1) is 9.56. The van der Waals surface area contributed by atoms with Crippen molar-refractivity contribution in [2.24, 2.45) is 0 Å². The van der Waals surface area contributed by atoms with E-state index in [4.69, 9.17) is 5.11 Å². The van der Waals surface area contributed by atoms with Gasteiger partial charge in [0.15, 0.2) is 0 Å². The molecule has 4 nitrogen and oxygen atoms in total. The Balaban J connectivity index is 1.85. The highest BCUT2D eigenvalue weighted by Gasteiger charge is 2.20. The Hall–Kier alpha value is -1.49. The number of hydrogen-bond acceptors (Lipinski definition) is 3. The van der Waals surface area contributed by atoms with Gasteiger partial charge in [0.2, 0.25) is 5.91 Å². The molecule has 1 unspecified atom stereocenters. The predicted molar refractivity (Wildman–Crippen MR) is 80.2 cm³/mol. The summed E-state index contributed by atoms with van der Waals surface area (Å²) >= 11 is 1.91. The van der Waals surface area contributed by atoms with Crippen molar-refractivity contribution < 1.29 is 14.7 Å². The maximum Gasteiger partial charge on any atom is 0.335 e. The summed E-state index contributed by atoms with van der Waals surface area (Å²) in [6, 6.07) is 6.74. The minimum Gasteiger partial charge on any atom is -0.478 e. The molecule has 1 aromatic rings. The van der Waals surface area contributed by atoms with Crippen LogP contribution in [0.2, 0.25) is 0 Å². The van der Waals surface area contributed by atoms with Gasteiger partial charge < -0.3 is 10.0 Å². The molecule has 20 heavy (non-hydrogen) atoms. The third-order valence-corrected chi connectivity index (χ3v) is 4.56. The molecule has 0 aliphatic carbocycles. The van der Waals surface area contributed by atoms with Crippen LogP contribution in [0.4, 0.5) is 0 Å². The first-order valence-electron chi connectivity index (χ1n) is 6.78. The molecule has 0 radical (unpaired) electrons. The highest BCUT2D eigenvalue weighted by Crippen LogP contribution is 2.18. The van der Waals surface area contributed by atoms with Gasteiger partial charge in [0.1, 0.15) is 0 Å². The molecule has 1 fully saturated rings. The molecule has 0 aromatic heterocycles. The van der Waals surface area contributed by atoms with Crippen LogP contribution in [0.3, 0.4) is 0 Å². The predicted octanol–water partition coefficient (Wildman–Crippen LogP) is 2.28. The van der Waals surface area contributed by atoms with Gasteiger partial charge in [0, 0.05) is 30.5 Å². The molecule has 1 heterocycles. The number of benzene rings is 1. The van der Waals surface area contributed by atoms with Crippen molar-refractivity contribution in [2.75, 3.05) is 18.8 Å². The summed E-state index contributed by atoms with van der Waals surface area (Å²) in [5.74, 6) is 0.284. The van der Waals surface area contributed by atoms with Crippen molar-refractivity contribution in [3.05, 3.63) is 35.4 Å². The fraction of sp³-hybridized carbons (Fsp3) is 0.467. The Morgan fingerprint density at radius 2 is 2.05 bits per heavy atom. The minimum absolute atomic E-state index is 0.194. The summed E-state index contributed by atoms with van der Waals surface area (Å²) in [6.07, 6.45) is 1.15. The largest absolute Gasteiger partial charge is 0.478 e. The quantitative estimate of drug-likeness (QED) is 0.925. The van der Waals surface area contributed by atoms with Crippen LogP contribution in [-0.4, -0.2) is 46.0 Å². The number of aromatic carboxylic acids is 1. The van der Waals surface area contributed by atoms with Crippen molar-refractivity contribution >= 4 is 23.6 Å². The Bertz CT molecular complexity index is 486. The number of carboxylic acid groups (broad SMARTS) is 1. The van der Waals surface area contributed by atoms with Crippen LogP contribution in [0.25, 0.3) is 0 Å². The fourth-order valence-electron chi connectivity index (χ4n) is 2.27. The molecule has 1 atom stereocenters. The Kier molecular flexibility index (Phi) is 5.06. The lowest BCUT2D eigenvalue weighted by molar-refractivity contribution is -0.131. The second kappa shape index (κ2) is 6.79. The van der Waals surface area contributed by atoms with E-state index in [-0.39, 0.29) is 11.5 Å². The van der Waals surface area contributed by atoms with E-state index in [9.17, 15) is 9.59 Å². The first kappa shape index (κ1) is 14.9. The molecule has 1 N–H and O–H groups in total. The molecular formula is C15H19NO3S. The van der Waals surface area contributed by atoms with E-state index in [2.05, 4.69) is 6.92 Å². The molecule has 0 spiro atoms. The maximum absolute atomic E-state index is 12.1. The van der Waals surface area contributed by atoms with E-state index in [1.165, 1.54) is 0 Å². The van der Waals surface area contributed by atoms with E-state index in [1.54, 1.807) is 24.3 Å². The number of amides is 1. The molecule has 0 saturated carbocycles. The first-order valence-corrected chi connectivity index (χ1v) is 7.83. The van der Waals surface area contributed by atoms with Gasteiger partial charge in [-0.3, -0.25) is 4.79 Å². The molecule has 108 valence electrons. The summed E-state index contributed by atoms with van der Waals surface area (Å²) in [4.78, 5) is 24.8. The van der Waals surface area contributed by atoms with E-state index < -0.39 is 5.97 Å². The van der Waals surface area contributed by atoms with E-state index >= 15 is 0 Å². The Labute approximate surface area is 123 Å². The van der Waals surface area contributed by atoms with Crippen molar-refractivity contribution in [1.29, 1.82) is 0 Å². The zero-order valence-corrected chi connectivity index (χ0v) is 12.4. The van der Waals surface area contributed by atoms with Crippen LogP contribution in [0.15, 0.2) is 24.3 Å². The molecule has 1 aromatic carbocycles. The summed E-state index contributed by atoms with van der Waals surface area (Å²) in [5.41, 5.74) is 1.28. The van der Waals surface area contributed by atoms with Crippen molar-refractivity contribution in [1.82, 2.24) is 4.90 Å². The molecule has 1 amide bonds. The molecule has 5 heteroatoms. The van der Waals surface area contributed by atoms with Crippen molar-refractivity contribution in [3.63, 3.8) is 0 Å². The maximum atomic E-state index is 12.1. The summed E-state index contributed by atoms with van der Waals surface area (Å²) < 4.78 is 0. The average molecular weight is 293 g/mol. The molecule has 1 aliphatic heterocycles. The lowest BCUT2D eigenvalue weighted by atomic mass is 10.1. The standard InChI is InChI=1S/C15H19NO3S/c1-11-10-16(8-9-20-11)14(17)7-4-12-2-5-13(6-3-12)15(18)19/h2-3,5-6,11H,4,7-10H2,1H3,(H,18,19). The number of hydrogen-bond donors (Lipinski definition) is 1. The second-order valence-electron chi connectivity index (χ2n) is 5.02. The molecule has 1 aliphatic rings. The number of carbonyl (C=O) groups is 2. The number of carboxylic acids is 1. The third kappa shape index (κ3) is 4.00. The van der Waals surface area contributed by atoms with Gasteiger partial charge in [-0.25, -0.2) is 4.79 Å². The smallest absolute Gasteiger partial charge is 0.335 e. The highest BCUT2D eigenvalue weighted by atomic mass is 32.2. The van der Waals surface area contributed by atoms with Gasteiger partial charge in [0.25, 0.3) is 0 Å². The Morgan fingerprint density at radius 3 is 2.65 bits per heavy atom. The average Bonchev–Trinajstić information content (AvgIpc) is 2.45. The number of aryl methyl sites for hydroxylation is 1. The van der Waals surface area contributed by atoms with Crippen LogP contribution in [0.1, 0.15) is 29.3 Å². The van der Waals surface area contributed by atoms with Crippen molar-refractivity contribution in [3.8, 4) is 0 Å². The van der Waals surface area contributed by atoms with E-state index in [0.717, 1.165) is 24.4 Å². The van der Waals surface area contributed by atoms with Gasteiger partial charge in [-0.2, -0.15) is 11.8 Å². The normalized spacial score (nSPS) is 18.9. The monoisotopic (exact) mass is 293 g/mol. The fourth-order valence-corrected chi connectivity index (χ4v) is 3.28. The lowest BCUT2D eigenvalue weighted by Gasteiger charge is -2.30.